The van der Waals surface area contributed by atoms with Crippen molar-refractivity contribution in [3.05, 3.63) is 66.2 Å². The lowest BCUT2D eigenvalue weighted by atomic mass is 9.88. The number of likely N-dealkylation sites (N-methyl/N-ethyl adjacent to an activating group) is 1. The van der Waals surface area contributed by atoms with Crippen LogP contribution in [0, 0.1) is 0 Å². The summed E-state index contributed by atoms with van der Waals surface area (Å²) < 4.78 is 27.9. The third-order valence-electron chi connectivity index (χ3n) is 3.33. The van der Waals surface area contributed by atoms with Crippen LogP contribution in [-0.4, -0.2) is 24.4 Å². The number of benzene rings is 2. The molecular formula is C16H17F2N3O. The van der Waals surface area contributed by atoms with Crippen LogP contribution in [0.2, 0.25) is 0 Å². The molecule has 0 aromatic heterocycles. The Labute approximate surface area is 127 Å². The topological polar surface area (TPSA) is 58.4 Å². The van der Waals surface area contributed by atoms with E-state index in [0.717, 1.165) is 0 Å². The predicted molar refractivity (Wildman–Crippen MR) is 81.1 cm³/mol. The molecule has 2 aromatic rings. The summed E-state index contributed by atoms with van der Waals surface area (Å²) in [4.78, 5) is 12.5. The number of anilines is 1. The van der Waals surface area contributed by atoms with Gasteiger partial charge in [0.2, 0.25) is 5.54 Å². The van der Waals surface area contributed by atoms with Crippen LogP contribution in [0.5, 0.6) is 0 Å². The van der Waals surface area contributed by atoms with Gasteiger partial charge < -0.3 is 5.32 Å². The molecular weight excluding hydrogens is 288 g/mol. The van der Waals surface area contributed by atoms with Crippen molar-refractivity contribution in [2.45, 2.75) is 12.0 Å². The Bertz CT molecular complexity index is 620. The molecule has 0 aliphatic heterocycles. The third kappa shape index (κ3) is 2.92. The lowest BCUT2D eigenvalue weighted by molar-refractivity contribution is -0.141. The van der Waals surface area contributed by atoms with Gasteiger partial charge in [-0.05, 0) is 17.7 Å². The van der Waals surface area contributed by atoms with Crippen LogP contribution < -0.4 is 11.2 Å². The number of carbonyl (C=O) groups excluding carboxylic acids is 1. The summed E-state index contributed by atoms with van der Waals surface area (Å²) in [5.74, 6) is 4.54. The maximum Gasteiger partial charge on any atom is 0.274 e. The van der Waals surface area contributed by atoms with Crippen LogP contribution in [0.15, 0.2) is 60.7 Å². The summed E-state index contributed by atoms with van der Waals surface area (Å²) in [5, 5.41) is 3.34. The average Bonchev–Trinajstić information content (AvgIpc) is 2.53. The second-order valence-corrected chi connectivity index (χ2v) is 4.88. The maximum atomic E-state index is 14.0. The number of nitrogens with two attached hydrogens (primary N) is 1. The lowest BCUT2D eigenvalue weighted by Gasteiger charge is -2.35. The second kappa shape index (κ2) is 6.53. The third-order valence-corrected chi connectivity index (χ3v) is 3.33. The first-order chi connectivity index (χ1) is 10.5. The highest BCUT2D eigenvalue weighted by molar-refractivity contribution is 5.91. The first-order valence-corrected chi connectivity index (χ1v) is 6.68. The van der Waals surface area contributed by atoms with Gasteiger partial charge in [-0.1, -0.05) is 48.5 Å². The molecule has 0 bridgehead atoms. The van der Waals surface area contributed by atoms with Gasteiger partial charge in [-0.2, -0.15) is 0 Å². The maximum absolute atomic E-state index is 14.0. The number of hydrogen-bond donors (Lipinski definition) is 2. The van der Waals surface area contributed by atoms with Gasteiger partial charge in [-0.15, -0.1) is 0 Å². The van der Waals surface area contributed by atoms with Crippen LogP contribution in [0.3, 0.4) is 0 Å². The van der Waals surface area contributed by atoms with Crippen LogP contribution in [-0.2, 0) is 10.3 Å². The van der Waals surface area contributed by atoms with Crippen molar-refractivity contribution in [1.29, 1.82) is 0 Å². The predicted octanol–water partition coefficient (Wildman–Crippen LogP) is 2.59. The molecule has 0 aliphatic carbocycles. The van der Waals surface area contributed by atoms with Gasteiger partial charge >= 0.3 is 0 Å². The number of hydrazine groups is 1. The molecule has 0 spiro atoms. The quantitative estimate of drug-likeness (QED) is 0.507. The molecule has 1 amide bonds. The van der Waals surface area contributed by atoms with E-state index in [0.29, 0.717) is 10.7 Å². The van der Waals surface area contributed by atoms with Gasteiger partial charge in [0.05, 0.1) is 0 Å². The molecule has 0 radical (unpaired) electrons. The van der Waals surface area contributed by atoms with Gasteiger partial charge in [0, 0.05) is 12.7 Å². The largest absolute Gasteiger partial charge is 0.363 e. The number of hydrogen-bond acceptors (Lipinski definition) is 3. The van der Waals surface area contributed by atoms with Gasteiger partial charge in [0.25, 0.3) is 12.3 Å². The van der Waals surface area contributed by atoms with Crippen LogP contribution in [0.25, 0.3) is 0 Å². The molecule has 0 saturated heterocycles. The smallest absolute Gasteiger partial charge is 0.274 e. The van der Waals surface area contributed by atoms with Gasteiger partial charge in [-0.25, -0.2) is 14.6 Å². The van der Waals surface area contributed by atoms with Crippen molar-refractivity contribution >= 4 is 11.6 Å². The van der Waals surface area contributed by atoms with Gasteiger partial charge in [-0.3, -0.25) is 9.80 Å². The first kappa shape index (κ1) is 15.9. The number of carbonyl (C=O) groups is 1. The molecule has 0 heterocycles. The molecule has 4 nitrogen and oxygen atoms in total. The fraction of sp³-hybridized carbons (Fsp3) is 0.188. The van der Waals surface area contributed by atoms with E-state index in [-0.39, 0.29) is 5.56 Å². The average molecular weight is 305 g/mol. The number of rotatable bonds is 5. The van der Waals surface area contributed by atoms with Crippen LogP contribution in [0.4, 0.5) is 14.5 Å². The Morgan fingerprint density at radius 2 is 1.59 bits per heavy atom. The minimum absolute atomic E-state index is 0.149. The van der Waals surface area contributed by atoms with E-state index in [9.17, 15) is 13.6 Å². The highest BCUT2D eigenvalue weighted by atomic mass is 19.3. The van der Waals surface area contributed by atoms with E-state index in [1.54, 1.807) is 48.5 Å². The van der Waals surface area contributed by atoms with Gasteiger partial charge in [0.1, 0.15) is 0 Å². The molecule has 116 valence electrons. The normalized spacial score (nSPS) is 13.5. The van der Waals surface area contributed by atoms with Crippen molar-refractivity contribution in [3.63, 3.8) is 0 Å². The van der Waals surface area contributed by atoms with E-state index in [1.165, 1.54) is 19.2 Å². The minimum Gasteiger partial charge on any atom is -0.363 e. The second-order valence-electron chi connectivity index (χ2n) is 4.88. The SMILES string of the molecule is CN(N)C(=O)C(Nc1ccccc1)(c1ccccc1)C(F)F. The Kier molecular flexibility index (Phi) is 4.72. The lowest BCUT2D eigenvalue weighted by Crippen LogP contribution is -2.57. The fourth-order valence-corrected chi connectivity index (χ4v) is 2.25. The van der Waals surface area contributed by atoms with Crippen LogP contribution >= 0.6 is 0 Å². The van der Waals surface area contributed by atoms with E-state index in [2.05, 4.69) is 5.32 Å². The number of para-hydroxylation sites is 1. The zero-order valence-electron chi connectivity index (χ0n) is 12.0. The van der Waals surface area contributed by atoms with E-state index >= 15 is 0 Å². The van der Waals surface area contributed by atoms with Crippen molar-refractivity contribution < 1.29 is 13.6 Å². The molecule has 1 atom stereocenters. The molecule has 2 aromatic carbocycles. The van der Waals surface area contributed by atoms with E-state index in [4.69, 9.17) is 5.84 Å². The number of nitrogens with one attached hydrogen (secondary N) is 1. The highest BCUT2D eigenvalue weighted by Crippen LogP contribution is 2.34. The molecule has 0 fully saturated rings. The zero-order chi connectivity index (χ0) is 16.2. The van der Waals surface area contributed by atoms with Crippen molar-refractivity contribution in [3.8, 4) is 0 Å². The molecule has 6 heteroatoms. The number of alkyl halides is 2. The van der Waals surface area contributed by atoms with E-state index < -0.39 is 17.9 Å². The van der Waals surface area contributed by atoms with Crippen molar-refractivity contribution in [1.82, 2.24) is 5.01 Å². The standard InChI is InChI=1S/C16H17F2N3O/c1-21(19)15(22)16(14(17)18,12-8-4-2-5-9-12)20-13-10-6-3-7-11-13/h2-11,14,20H,19H2,1H3. The molecule has 2 rings (SSSR count). The Morgan fingerprint density at radius 3 is 2.05 bits per heavy atom. The highest BCUT2D eigenvalue weighted by Gasteiger charge is 2.50. The summed E-state index contributed by atoms with van der Waals surface area (Å²) in [7, 11) is 1.25. The molecule has 22 heavy (non-hydrogen) atoms. The van der Waals surface area contributed by atoms with Crippen molar-refractivity contribution in [2.75, 3.05) is 12.4 Å². The summed E-state index contributed by atoms with van der Waals surface area (Å²) >= 11 is 0. The summed E-state index contributed by atoms with van der Waals surface area (Å²) in [6, 6.07) is 16.2. The summed E-state index contributed by atoms with van der Waals surface area (Å²) in [5.41, 5.74) is -1.69. The van der Waals surface area contributed by atoms with Crippen molar-refractivity contribution in [2.24, 2.45) is 5.84 Å². The number of halogens is 2. The zero-order valence-corrected chi connectivity index (χ0v) is 12.0. The Morgan fingerprint density at radius 1 is 1.09 bits per heavy atom. The summed E-state index contributed by atoms with van der Waals surface area (Å²) in [6.07, 6.45) is -2.99. The van der Waals surface area contributed by atoms with E-state index in [1.807, 2.05) is 0 Å². The minimum atomic E-state index is -2.99. The molecule has 1 unspecified atom stereocenters. The number of amides is 1. The summed E-state index contributed by atoms with van der Waals surface area (Å²) in [6.45, 7) is 0. The number of nitrogens with zero attached hydrogens (tertiary/aromatic N) is 1. The first-order valence-electron chi connectivity index (χ1n) is 6.68. The fourth-order valence-electron chi connectivity index (χ4n) is 2.25. The molecule has 3 N–H and O–H groups in total. The Hall–Kier alpha value is -2.47. The Balaban J connectivity index is 2.58. The van der Waals surface area contributed by atoms with Crippen LogP contribution in [0.1, 0.15) is 5.56 Å². The molecule has 0 saturated carbocycles. The molecule has 0 aliphatic rings. The monoisotopic (exact) mass is 305 g/mol. The van der Waals surface area contributed by atoms with Gasteiger partial charge in [0.15, 0.2) is 0 Å².